The Balaban J connectivity index is 2.06. The molecule has 2 N–H and O–H groups in total. The lowest BCUT2D eigenvalue weighted by molar-refractivity contribution is -0.122. The predicted molar refractivity (Wildman–Crippen MR) is 58.7 cm³/mol. The van der Waals surface area contributed by atoms with Gasteiger partial charge in [0.1, 0.15) is 6.04 Å². The maximum absolute atomic E-state index is 11.7. The third-order valence-electron chi connectivity index (χ3n) is 2.32. The first kappa shape index (κ1) is 9.64. The van der Waals surface area contributed by atoms with E-state index in [4.69, 9.17) is 0 Å². The number of carbonyl (C=O) groups excluding carboxylic acids is 1. The Kier molecular flexibility index (Phi) is 2.62. The molecule has 2 aliphatic heterocycles. The summed E-state index contributed by atoms with van der Waals surface area (Å²) in [4.78, 5) is 15.9. The normalized spacial score (nSPS) is 26.5. The second kappa shape index (κ2) is 4.08. The second-order valence-corrected chi connectivity index (χ2v) is 3.31. The fourth-order valence-corrected chi connectivity index (χ4v) is 1.56. The van der Waals surface area contributed by atoms with Gasteiger partial charge < -0.3 is 5.32 Å². The van der Waals surface area contributed by atoms with E-state index in [1.165, 1.54) is 0 Å². The Morgan fingerprint density at radius 3 is 3.40 bits per heavy atom. The Hall–Kier alpha value is -1.91. The Morgan fingerprint density at radius 2 is 2.60 bits per heavy atom. The van der Waals surface area contributed by atoms with E-state index in [1.54, 1.807) is 18.5 Å². The van der Waals surface area contributed by atoms with E-state index in [0.29, 0.717) is 6.54 Å². The number of dihydropyridines is 1. The van der Waals surface area contributed by atoms with E-state index in [-0.39, 0.29) is 11.8 Å². The van der Waals surface area contributed by atoms with Crippen LogP contribution >= 0.6 is 0 Å². The number of amides is 1. The van der Waals surface area contributed by atoms with Gasteiger partial charge in [-0.05, 0) is 6.08 Å². The van der Waals surface area contributed by atoms with Crippen molar-refractivity contribution in [3.8, 4) is 0 Å². The van der Waals surface area contributed by atoms with Crippen molar-refractivity contribution in [1.82, 2.24) is 10.7 Å². The van der Waals surface area contributed by atoms with E-state index in [0.717, 1.165) is 5.70 Å². The van der Waals surface area contributed by atoms with E-state index < -0.39 is 6.04 Å². The average Bonchev–Trinajstić information content (AvgIpc) is 2.73. The SMILES string of the molecule is C=CCNC(=O)C1N=CC=C2NN=CC21. The molecule has 2 atom stereocenters. The molecule has 0 radical (unpaired) electrons. The molecule has 0 saturated carbocycles. The number of rotatable bonds is 3. The fraction of sp³-hybridized carbons (Fsp3) is 0.300. The topological polar surface area (TPSA) is 65.8 Å². The zero-order valence-electron chi connectivity index (χ0n) is 8.18. The standard InChI is InChI=1S/C10H12N4O/c1-2-4-12-10(15)9-7-6-13-14-8(7)3-5-11-9/h2-3,5-7,9,14H,1,4H2,(H,12,15). The molecule has 15 heavy (non-hydrogen) atoms. The van der Waals surface area contributed by atoms with Crippen LogP contribution in [-0.2, 0) is 4.79 Å². The van der Waals surface area contributed by atoms with Crippen molar-refractivity contribution >= 4 is 18.3 Å². The van der Waals surface area contributed by atoms with Crippen LogP contribution in [0.2, 0.25) is 0 Å². The maximum atomic E-state index is 11.7. The quantitative estimate of drug-likeness (QED) is 0.627. The highest BCUT2D eigenvalue weighted by molar-refractivity contribution is 5.92. The van der Waals surface area contributed by atoms with Crippen molar-refractivity contribution in [1.29, 1.82) is 0 Å². The minimum absolute atomic E-state index is 0.0557. The molecule has 0 fully saturated rings. The van der Waals surface area contributed by atoms with Gasteiger partial charge in [0.15, 0.2) is 0 Å². The first-order valence-corrected chi connectivity index (χ1v) is 4.74. The van der Waals surface area contributed by atoms with Gasteiger partial charge in [-0.2, -0.15) is 5.10 Å². The summed E-state index contributed by atoms with van der Waals surface area (Å²) in [7, 11) is 0. The number of allylic oxidation sites excluding steroid dienone is 1. The minimum atomic E-state index is -0.413. The van der Waals surface area contributed by atoms with Gasteiger partial charge in [-0.1, -0.05) is 6.08 Å². The molecular weight excluding hydrogens is 192 g/mol. The van der Waals surface area contributed by atoms with E-state index in [1.807, 2.05) is 6.08 Å². The molecule has 1 amide bonds. The number of nitrogens with zero attached hydrogens (tertiary/aromatic N) is 2. The van der Waals surface area contributed by atoms with Crippen molar-refractivity contribution in [3.05, 3.63) is 24.4 Å². The van der Waals surface area contributed by atoms with E-state index in [9.17, 15) is 4.79 Å². The molecule has 0 aromatic rings. The number of hydrogen-bond acceptors (Lipinski definition) is 4. The average molecular weight is 204 g/mol. The van der Waals surface area contributed by atoms with Gasteiger partial charge in [-0.3, -0.25) is 15.2 Å². The van der Waals surface area contributed by atoms with Crippen LogP contribution in [0.4, 0.5) is 0 Å². The maximum Gasteiger partial charge on any atom is 0.246 e. The van der Waals surface area contributed by atoms with Crippen LogP contribution in [0.25, 0.3) is 0 Å². The van der Waals surface area contributed by atoms with Gasteiger partial charge in [0.25, 0.3) is 0 Å². The second-order valence-electron chi connectivity index (χ2n) is 3.31. The molecule has 0 aromatic carbocycles. The van der Waals surface area contributed by atoms with Crippen LogP contribution in [0.1, 0.15) is 0 Å². The summed E-state index contributed by atoms with van der Waals surface area (Å²) in [5.74, 6) is -0.156. The van der Waals surface area contributed by atoms with Crippen LogP contribution in [0.3, 0.4) is 0 Å². The Labute approximate surface area is 87.7 Å². The largest absolute Gasteiger partial charge is 0.351 e. The molecule has 0 spiro atoms. The van der Waals surface area contributed by atoms with Crippen LogP contribution in [-0.4, -0.2) is 30.9 Å². The van der Waals surface area contributed by atoms with Crippen molar-refractivity contribution in [2.45, 2.75) is 6.04 Å². The molecule has 0 saturated heterocycles. The summed E-state index contributed by atoms with van der Waals surface area (Å²) in [5, 5.41) is 6.64. The number of nitrogens with one attached hydrogen (secondary N) is 2. The number of fused-ring (bicyclic) bond motifs is 1. The summed E-state index contributed by atoms with van der Waals surface area (Å²) in [6.07, 6.45) is 6.81. The lowest BCUT2D eigenvalue weighted by atomic mass is 9.96. The molecule has 78 valence electrons. The van der Waals surface area contributed by atoms with Crippen molar-refractivity contribution in [3.63, 3.8) is 0 Å². The molecule has 2 unspecified atom stereocenters. The highest BCUT2D eigenvalue weighted by Gasteiger charge is 2.33. The number of hydrazone groups is 1. The van der Waals surface area contributed by atoms with Crippen LogP contribution in [0, 0.1) is 5.92 Å². The van der Waals surface area contributed by atoms with E-state index in [2.05, 4.69) is 27.4 Å². The Morgan fingerprint density at radius 1 is 1.73 bits per heavy atom. The molecule has 0 bridgehead atoms. The molecule has 2 rings (SSSR count). The fourth-order valence-electron chi connectivity index (χ4n) is 1.56. The first-order chi connectivity index (χ1) is 7.33. The molecule has 0 aromatic heterocycles. The van der Waals surface area contributed by atoms with E-state index >= 15 is 0 Å². The summed E-state index contributed by atoms with van der Waals surface area (Å²) < 4.78 is 0. The number of carbonyl (C=O) groups is 1. The predicted octanol–water partition coefficient (Wildman–Crippen LogP) is -0.169. The van der Waals surface area contributed by atoms with Gasteiger partial charge in [-0.15, -0.1) is 6.58 Å². The summed E-state index contributed by atoms with van der Waals surface area (Å²) >= 11 is 0. The van der Waals surface area contributed by atoms with Crippen molar-refractivity contribution < 1.29 is 4.79 Å². The third-order valence-corrected chi connectivity index (χ3v) is 2.32. The number of hydrogen-bond donors (Lipinski definition) is 2. The number of aliphatic imine (C=N–C) groups is 1. The lowest BCUT2D eigenvalue weighted by Crippen LogP contribution is -2.40. The highest BCUT2D eigenvalue weighted by Crippen LogP contribution is 2.21. The molecule has 5 heteroatoms. The van der Waals surface area contributed by atoms with Crippen molar-refractivity contribution in [2.24, 2.45) is 16.0 Å². The Bertz CT molecular complexity index is 370. The van der Waals surface area contributed by atoms with Crippen LogP contribution in [0.15, 0.2) is 34.5 Å². The smallest absolute Gasteiger partial charge is 0.246 e. The summed E-state index contributed by atoms with van der Waals surface area (Å²) in [6, 6.07) is -0.413. The minimum Gasteiger partial charge on any atom is -0.351 e. The van der Waals surface area contributed by atoms with Crippen LogP contribution in [0.5, 0.6) is 0 Å². The van der Waals surface area contributed by atoms with Crippen molar-refractivity contribution in [2.75, 3.05) is 6.54 Å². The summed E-state index contributed by atoms with van der Waals surface area (Å²) in [5.41, 5.74) is 3.76. The van der Waals surface area contributed by atoms with Gasteiger partial charge in [0.05, 0.1) is 5.92 Å². The lowest BCUT2D eigenvalue weighted by Gasteiger charge is -2.20. The zero-order valence-corrected chi connectivity index (χ0v) is 8.18. The van der Waals surface area contributed by atoms with Gasteiger partial charge in [-0.25, -0.2) is 0 Å². The zero-order chi connectivity index (χ0) is 10.7. The molecule has 5 nitrogen and oxygen atoms in total. The molecule has 2 heterocycles. The monoisotopic (exact) mass is 204 g/mol. The first-order valence-electron chi connectivity index (χ1n) is 4.74. The molecule has 2 aliphatic rings. The van der Waals surface area contributed by atoms with Gasteiger partial charge in [0.2, 0.25) is 5.91 Å². The van der Waals surface area contributed by atoms with Gasteiger partial charge >= 0.3 is 0 Å². The highest BCUT2D eigenvalue weighted by atomic mass is 16.2. The van der Waals surface area contributed by atoms with Crippen LogP contribution < -0.4 is 10.7 Å². The third kappa shape index (κ3) is 1.81. The summed E-state index contributed by atoms with van der Waals surface area (Å²) in [6.45, 7) is 4.00. The molecule has 0 aliphatic carbocycles. The molecular formula is C10H12N4O. The van der Waals surface area contributed by atoms with Gasteiger partial charge in [0, 0.05) is 24.7 Å².